The number of aromatic nitrogens is 3. The van der Waals surface area contributed by atoms with E-state index in [2.05, 4.69) is 31.9 Å². The van der Waals surface area contributed by atoms with Gasteiger partial charge in [-0.1, -0.05) is 18.7 Å². The minimum absolute atomic E-state index is 0.0764. The Morgan fingerprint density at radius 3 is 2.70 bits per heavy atom. The molecule has 4 rings (SSSR count). The van der Waals surface area contributed by atoms with E-state index in [-0.39, 0.29) is 17.3 Å². The number of benzene rings is 1. The van der Waals surface area contributed by atoms with Gasteiger partial charge in [-0.3, -0.25) is 19.5 Å². The lowest BCUT2D eigenvalue weighted by atomic mass is 10.00. The summed E-state index contributed by atoms with van der Waals surface area (Å²) in [5.41, 5.74) is -0.491. The molecule has 2 fully saturated rings. The van der Waals surface area contributed by atoms with E-state index in [0.717, 1.165) is 62.8 Å². The largest absolute Gasteiger partial charge is 0.341 e. The van der Waals surface area contributed by atoms with E-state index in [4.69, 9.17) is 0 Å². The van der Waals surface area contributed by atoms with Crippen molar-refractivity contribution in [2.75, 3.05) is 29.1 Å². The summed E-state index contributed by atoms with van der Waals surface area (Å²) in [7, 11) is 0. The zero-order chi connectivity index (χ0) is 21.3. The van der Waals surface area contributed by atoms with Crippen LogP contribution in [0.25, 0.3) is 0 Å². The van der Waals surface area contributed by atoms with Crippen LogP contribution in [0.1, 0.15) is 38.6 Å². The van der Waals surface area contributed by atoms with Crippen LogP contribution in [0.2, 0.25) is 0 Å². The molecular weight excluding hydrogens is 411 g/mol. The number of piperidine rings is 1. The fourth-order valence-corrected chi connectivity index (χ4v) is 4.30. The molecule has 1 saturated heterocycles. The van der Waals surface area contributed by atoms with Crippen molar-refractivity contribution in [3.63, 3.8) is 0 Å². The molecule has 2 aromatic rings. The van der Waals surface area contributed by atoms with Gasteiger partial charge in [0.15, 0.2) is 5.16 Å². The Hall–Kier alpha value is -2.69. The van der Waals surface area contributed by atoms with Gasteiger partial charge in [0, 0.05) is 30.9 Å². The van der Waals surface area contributed by atoms with E-state index in [1.807, 2.05) is 0 Å². The maximum absolute atomic E-state index is 13.4. The van der Waals surface area contributed by atoms with Gasteiger partial charge in [-0.2, -0.15) is 4.39 Å². The van der Waals surface area contributed by atoms with E-state index in [1.165, 1.54) is 17.8 Å². The van der Waals surface area contributed by atoms with Gasteiger partial charge in [-0.05, 0) is 43.7 Å². The first-order valence-electron chi connectivity index (χ1n) is 9.99. The number of rotatable bonds is 7. The van der Waals surface area contributed by atoms with Gasteiger partial charge in [0.25, 0.3) is 0 Å². The lowest BCUT2D eigenvalue weighted by Crippen LogP contribution is -2.34. The van der Waals surface area contributed by atoms with Gasteiger partial charge in [0.1, 0.15) is 0 Å². The summed E-state index contributed by atoms with van der Waals surface area (Å²) in [5, 5.41) is 22.8. The summed E-state index contributed by atoms with van der Waals surface area (Å²) in [6.45, 7) is 4.18. The molecule has 11 heteroatoms. The SMILES string of the molecule is CC1CCN(c2nnc(SCC(=O)Nc3ccc(F)c([N+](=O)[O-])c3)n2C2CC2)CC1. The number of nitrogens with one attached hydrogen (secondary N) is 1. The number of nitro benzene ring substituents is 1. The van der Waals surface area contributed by atoms with E-state index in [9.17, 15) is 19.3 Å². The van der Waals surface area contributed by atoms with Crippen molar-refractivity contribution in [2.24, 2.45) is 5.92 Å². The first-order valence-corrected chi connectivity index (χ1v) is 11.0. The molecule has 160 valence electrons. The lowest BCUT2D eigenvalue weighted by molar-refractivity contribution is -0.387. The van der Waals surface area contributed by atoms with Crippen LogP contribution in [0.4, 0.5) is 21.7 Å². The highest BCUT2D eigenvalue weighted by molar-refractivity contribution is 7.99. The smallest absolute Gasteiger partial charge is 0.306 e. The Labute approximate surface area is 177 Å². The van der Waals surface area contributed by atoms with Gasteiger partial charge in [0.05, 0.1) is 10.7 Å². The molecule has 1 aromatic heterocycles. The topological polar surface area (TPSA) is 106 Å². The number of carbonyl (C=O) groups excluding carboxylic acids is 1. The highest BCUT2D eigenvalue weighted by atomic mass is 32.2. The molecular formula is C19H23FN6O3S. The average Bonchev–Trinajstić information content (AvgIpc) is 3.47. The molecule has 1 aliphatic heterocycles. The number of anilines is 2. The van der Waals surface area contributed by atoms with Crippen LogP contribution in [0.15, 0.2) is 23.4 Å². The third-order valence-electron chi connectivity index (χ3n) is 5.38. The van der Waals surface area contributed by atoms with Crippen LogP contribution < -0.4 is 10.2 Å². The first-order chi connectivity index (χ1) is 14.4. The van der Waals surface area contributed by atoms with Crippen LogP contribution in [0.3, 0.4) is 0 Å². The van der Waals surface area contributed by atoms with E-state index in [1.54, 1.807) is 0 Å². The van der Waals surface area contributed by atoms with Crippen molar-refractivity contribution in [1.82, 2.24) is 14.8 Å². The molecule has 2 aliphatic rings. The van der Waals surface area contributed by atoms with Gasteiger partial charge < -0.3 is 10.2 Å². The number of hydrogen-bond donors (Lipinski definition) is 1. The third kappa shape index (κ3) is 4.55. The molecule has 0 bridgehead atoms. The molecule has 0 atom stereocenters. The highest BCUT2D eigenvalue weighted by Gasteiger charge is 2.32. The van der Waals surface area contributed by atoms with Crippen molar-refractivity contribution in [3.8, 4) is 0 Å². The van der Waals surface area contributed by atoms with Crippen molar-refractivity contribution in [2.45, 2.75) is 43.8 Å². The van der Waals surface area contributed by atoms with Crippen LogP contribution in [0.5, 0.6) is 0 Å². The number of amides is 1. The van der Waals surface area contributed by atoms with Crippen molar-refractivity contribution < 1.29 is 14.1 Å². The van der Waals surface area contributed by atoms with Gasteiger partial charge in [-0.25, -0.2) is 0 Å². The second kappa shape index (κ2) is 8.58. The van der Waals surface area contributed by atoms with E-state index in [0.29, 0.717) is 11.2 Å². The monoisotopic (exact) mass is 434 g/mol. The predicted octanol–water partition coefficient (Wildman–Crippen LogP) is 3.63. The third-order valence-corrected chi connectivity index (χ3v) is 6.33. The van der Waals surface area contributed by atoms with Gasteiger partial charge in [0.2, 0.25) is 17.7 Å². The number of nitro groups is 1. The highest BCUT2D eigenvalue weighted by Crippen LogP contribution is 2.41. The quantitative estimate of drug-likeness (QED) is 0.403. The fourth-order valence-electron chi connectivity index (χ4n) is 3.50. The normalized spacial score (nSPS) is 17.2. The standard InChI is InChI=1S/C19H23FN6O3S/c1-12-6-8-24(9-7-12)18-22-23-19(25(18)14-3-4-14)30-11-17(27)21-13-2-5-15(20)16(10-13)26(28)29/h2,5,10,12,14H,3-4,6-9,11H2,1H3,(H,21,27). The zero-order valence-corrected chi connectivity index (χ0v) is 17.4. The van der Waals surface area contributed by atoms with Crippen molar-refractivity contribution in [1.29, 1.82) is 0 Å². The molecule has 1 N–H and O–H groups in total. The second-order valence-electron chi connectivity index (χ2n) is 7.81. The fraction of sp³-hybridized carbons (Fsp3) is 0.526. The molecule has 1 aromatic carbocycles. The van der Waals surface area contributed by atoms with Crippen LogP contribution in [-0.2, 0) is 4.79 Å². The van der Waals surface area contributed by atoms with Gasteiger partial charge in [-0.15, -0.1) is 10.2 Å². The van der Waals surface area contributed by atoms with E-state index >= 15 is 0 Å². The second-order valence-corrected chi connectivity index (χ2v) is 8.76. The molecule has 1 saturated carbocycles. The molecule has 30 heavy (non-hydrogen) atoms. The molecule has 0 unspecified atom stereocenters. The minimum atomic E-state index is -0.940. The Morgan fingerprint density at radius 1 is 1.30 bits per heavy atom. The summed E-state index contributed by atoms with van der Waals surface area (Å²) in [6, 6.07) is 3.66. The average molecular weight is 434 g/mol. The summed E-state index contributed by atoms with van der Waals surface area (Å²) in [5.74, 6) is 0.386. The molecule has 1 aliphatic carbocycles. The number of thioether (sulfide) groups is 1. The number of halogens is 1. The van der Waals surface area contributed by atoms with Crippen LogP contribution >= 0.6 is 11.8 Å². The number of hydrogen-bond acceptors (Lipinski definition) is 7. The number of nitrogens with zero attached hydrogens (tertiary/aromatic N) is 5. The van der Waals surface area contributed by atoms with Crippen LogP contribution in [0, 0.1) is 21.8 Å². The predicted molar refractivity (Wildman–Crippen MR) is 111 cm³/mol. The summed E-state index contributed by atoms with van der Waals surface area (Å²) < 4.78 is 15.6. The maximum atomic E-state index is 13.4. The zero-order valence-electron chi connectivity index (χ0n) is 16.6. The molecule has 0 radical (unpaired) electrons. The lowest BCUT2D eigenvalue weighted by Gasteiger charge is -2.31. The summed E-state index contributed by atoms with van der Waals surface area (Å²) >= 11 is 1.28. The molecule has 0 spiro atoms. The molecule has 1 amide bonds. The van der Waals surface area contributed by atoms with Crippen LogP contribution in [-0.4, -0.2) is 44.4 Å². The van der Waals surface area contributed by atoms with Gasteiger partial charge >= 0.3 is 5.69 Å². The summed E-state index contributed by atoms with van der Waals surface area (Å²) in [4.78, 5) is 24.6. The Bertz CT molecular complexity index is 956. The minimum Gasteiger partial charge on any atom is -0.341 e. The Kier molecular flexibility index (Phi) is 5.89. The maximum Gasteiger partial charge on any atom is 0.306 e. The van der Waals surface area contributed by atoms with Crippen molar-refractivity contribution >= 4 is 35.0 Å². The van der Waals surface area contributed by atoms with Crippen molar-refractivity contribution in [3.05, 3.63) is 34.1 Å². The Balaban J connectivity index is 1.41. The molecule has 2 heterocycles. The Morgan fingerprint density at radius 2 is 2.03 bits per heavy atom. The number of carbonyl (C=O) groups is 1. The van der Waals surface area contributed by atoms with E-state index < -0.39 is 16.4 Å². The first kappa shape index (κ1) is 20.6. The summed E-state index contributed by atoms with van der Waals surface area (Å²) in [6.07, 6.45) is 4.42. The molecule has 9 nitrogen and oxygen atoms in total.